The molecule has 0 spiro atoms. The minimum atomic E-state index is 0. The zero-order valence-electron chi connectivity index (χ0n) is 24.4. The van der Waals surface area contributed by atoms with Gasteiger partial charge in [-0.2, -0.15) is 6.54 Å². The number of nitrogens with two attached hydrogens (primary N) is 2. The number of anilines is 3. The summed E-state index contributed by atoms with van der Waals surface area (Å²) < 4.78 is 10.9. The smallest absolute Gasteiger partial charge is 0.204 e. The maximum atomic E-state index is 11.8. The van der Waals surface area contributed by atoms with Gasteiger partial charge >= 0.3 is 0 Å². The van der Waals surface area contributed by atoms with Crippen molar-refractivity contribution in [3.05, 3.63) is 53.7 Å². The molecule has 230 valence electrons. The number of unbranched alkanes of at least 4 members (excludes halogenated alkanes) is 2. The molecule has 1 aromatic heterocycles. The van der Waals surface area contributed by atoms with Crippen LogP contribution in [0.4, 0.5) is 17.3 Å². The number of carbonyl (C=O) groups is 2. The molecule has 1 aliphatic rings. The summed E-state index contributed by atoms with van der Waals surface area (Å²) in [7, 11) is 3.14. The van der Waals surface area contributed by atoms with Crippen molar-refractivity contribution in [2.75, 3.05) is 44.5 Å². The molecule has 1 aromatic carbocycles. The van der Waals surface area contributed by atoms with Gasteiger partial charge in [0.15, 0.2) is 12.1 Å². The first-order valence-electron chi connectivity index (χ1n) is 13.3. The number of methoxy groups -OCH3 is 1. The first-order valence-corrected chi connectivity index (χ1v) is 13.3. The third kappa shape index (κ3) is 16.1. The van der Waals surface area contributed by atoms with Crippen molar-refractivity contribution < 1.29 is 45.2 Å². The molecule has 1 aliphatic heterocycles. The second kappa shape index (κ2) is 25.9. The van der Waals surface area contributed by atoms with Crippen LogP contribution in [0.2, 0.25) is 0 Å². The second-order valence-corrected chi connectivity index (χ2v) is 8.33. The SMILES string of the molecule is C=CO.CCc1nc(C=O)c(Nc2cc(CCCCC[NH-])cc(OC)c2)nc1NC1CCOCC1.CN.NC=O.[W]. The number of aliphatic hydroxyl groups excluding tert-OH is 1. The number of ether oxygens (including phenoxy) is 2. The molecule has 0 saturated carbocycles. The van der Waals surface area contributed by atoms with Gasteiger partial charge in [0, 0.05) is 52.1 Å². The minimum Gasteiger partial charge on any atom is -0.677 e. The molecule has 0 bridgehead atoms. The molecular weight excluding hydrogens is 698 g/mol. The van der Waals surface area contributed by atoms with Gasteiger partial charge < -0.3 is 42.4 Å². The number of aldehydes is 1. The van der Waals surface area contributed by atoms with Gasteiger partial charge in [0.2, 0.25) is 6.41 Å². The number of aryl methyl sites for hydroxylation is 2. The molecule has 3 rings (SSSR count). The molecule has 1 fully saturated rings. The van der Waals surface area contributed by atoms with Crippen LogP contribution in [-0.2, 0) is 43.4 Å². The van der Waals surface area contributed by atoms with E-state index in [-0.39, 0.29) is 33.5 Å². The fraction of sp³-hybridized carbons (Fsp3) is 0.500. The fourth-order valence-corrected chi connectivity index (χ4v) is 3.82. The summed E-state index contributed by atoms with van der Waals surface area (Å²) in [5, 5.41) is 14.1. The summed E-state index contributed by atoms with van der Waals surface area (Å²) in [6, 6.07) is 6.25. The van der Waals surface area contributed by atoms with E-state index in [4.69, 9.17) is 30.1 Å². The van der Waals surface area contributed by atoms with E-state index in [0.29, 0.717) is 30.3 Å². The number of nitrogens with zero attached hydrogens (tertiary/aromatic N) is 2. The predicted octanol–water partition coefficient (Wildman–Crippen LogP) is 4.32. The van der Waals surface area contributed by atoms with Crippen LogP contribution < -0.4 is 26.8 Å². The van der Waals surface area contributed by atoms with Crippen LogP contribution in [0.15, 0.2) is 31.0 Å². The number of primary amides is 1. The van der Waals surface area contributed by atoms with E-state index in [0.717, 1.165) is 87.0 Å². The number of aromatic nitrogens is 2. The third-order valence-corrected chi connectivity index (χ3v) is 5.61. The molecule has 1 saturated heterocycles. The number of aliphatic hydroxyl groups is 1. The maximum Gasteiger partial charge on any atom is 0.204 e. The maximum absolute atomic E-state index is 11.8. The van der Waals surface area contributed by atoms with Gasteiger partial charge in [-0.25, -0.2) is 9.97 Å². The van der Waals surface area contributed by atoms with Crippen molar-refractivity contribution in [3.63, 3.8) is 0 Å². The van der Waals surface area contributed by atoms with E-state index in [1.165, 1.54) is 7.05 Å². The molecule has 41 heavy (non-hydrogen) atoms. The number of hydrogen-bond acceptors (Lipinski definition) is 10. The van der Waals surface area contributed by atoms with E-state index in [1.807, 2.05) is 19.1 Å². The van der Waals surface area contributed by atoms with Gasteiger partial charge in [0.05, 0.1) is 19.1 Å². The van der Waals surface area contributed by atoms with Crippen LogP contribution >= 0.6 is 0 Å². The number of benzene rings is 1. The average Bonchev–Trinajstić information content (AvgIpc) is 2.98. The van der Waals surface area contributed by atoms with Crippen LogP contribution in [0, 0.1) is 0 Å². The van der Waals surface area contributed by atoms with Gasteiger partial charge in [-0.1, -0.05) is 26.3 Å². The Labute approximate surface area is 258 Å². The average molecular weight is 745 g/mol. The van der Waals surface area contributed by atoms with Gasteiger partial charge in [0.1, 0.15) is 17.3 Å². The quantitative estimate of drug-likeness (QED) is 0.119. The molecule has 0 unspecified atom stereocenters. The second-order valence-electron chi connectivity index (χ2n) is 8.33. The molecule has 0 atom stereocenters. The summed E-state index contributed by atoms with van der Waals surface area (Å²) in [6.45, 7) is 6.86. The van der Waals surface area contributed by atoms with Crippen LogP contribution in [-0.4, -0.2) is 67.7 Å². The zero-order valence-corrected chi connectivity index (χ0v) is 27.3. The van der Waals surface area contributed by atoms with Gasteiger partial charge in [-0.3, -0.25) is 9.59 Å². The monoisotopic (exact) mass is 744 g/mol. The molecular formula is C28H46N7O5W-. The Morgan fingerprint density at radius 3 is 2.32 bits per heavy atom. The Morgan fingerprint density at radius 1 is 1.15 bits per heavy atom. The number of amides is 1. The molecule has 0 aliphatic carbocycles. The van der Waals surface area contributed by atoms with Crippen molar-refractivity contribution >= 4 is 30.0 Å². The summed E-state index contributed by atoms with van der Waals surface area (Å²) in [5.41, 5.74) is 19.0. The molecule has 1 amide bonds. The molecule has 13 heteroatoms. The Morgan fingerprint density at radius 2 is 1.78 bits per heavy atom. The van der Waals surface area contributed by atoms with E-state index in [2.05, 4.69) is 39.7 Å². The summed E-state index contributed by atoms with van der Waals surface area (Å²) in [5.74, 6) is 1.89. The van der Waals surface area contributed by atoms with Gasteiger partial charge in [0.25, 0.3) is 0 Å². The summed E-state index contributed by atoms with van der Waals surface area (Å²) in [6.07, 6.45) is 8.14. The first-order chi connectivity index (χ1) is 19.5. The molecule has 8 N–H and O–H groups in total. The van der Waals surface area contributed by atoms with Crippen molar-refractivity contribution in [1.82, 2.24) is 9.97 Å². The van der Waals surface area contributed by atoms with E-state index >= 15 is 0 Å². The largest absolute Gasteiger partial charge is 0.677 e. The third-order valence-electron chi connectivity index (χ3n) is 5.61. The molecule has 0 radical (unpaired) electrons. The normalized spacial score (nSPS) is 11.8. The Hall–Kier alpha value is -3.05. The van der Waals surface area contributed by atoms with Crippen LogP contribution in [0.1, 0.15) is 60.8 Å². The van der Waals surface area contributed by atoms with E-state index < -0.39 is 0 Å². The number of nitrogens with one attached hydrogen (secondary N) is 3. The predicted molar refractivity (Wildman–Crippen MR) is 160 cm³/mol. The van der Waals surface area contributed by atoms with Crippen molar-refractivity contribution in [1.29, 1.82) is 0 Å². The number of carbonyl (C=O) groups excluding carboxylic acids is 2. The van der Waals surface area contributed by atoms with Crippen LogP contribution in [0.25, 0.3) is 5.73 Å². The number of hydrogen-bond donors (Lipinski definition) is 5. The van der Waals surface area contributed by atoms with Crippen LogP contribution in [0.5, 0.6) is 5.75 Å². The molecule has 12 nitrogen and oxygen atoms in total. The standard InChI is InChI=1S/C24H34N5O3.C2H4O.CH3NO.CH5N.W/c1-3-21-23(26-18-8-11-32-12-9-18)29-24(22(16-30)28-21)27-19-13-17(7-5-4-6-10-25)14-20(15-19)31-2;1-2-3;2-1-3;1-2;/h13-16,18,25H,3-12H2,1-2H3,(H2,26,27,29);2-3H,1H2;1H,(H2,2,3);2H2,1H3;/q-1;;;;. The Bertz CT molecular complexity index is 987. The van der Waals surface area contributed by atoms with Crippen molar-refractivity contribution in [2.45, 2.75) is 57.9 Å². The van der Waals surface area contributed by atoms with Gasteiger partial charge in [-0.15, -0.1) is 0 Å². The van der Waals surface area contributed by atoms with Gasteiger partial charge in [-0.05, 0) is 56.8 Å². The summed E-state index contributed by atoms with van der Waals surface area (Å²) >= 11 is 0. The van der Waals surface area contributed by atoms with E-state index in [9.17, 15) is 4.79 Å². The molecule has 2 aromatic rings. The summed E-state index contributed by atoms with van der Waals surface area (Å²) in [4.78, 5) is 29.7. The van der Waals surface area contributed by atoms with Crippen molar-refractivity contribution in [3.8, 4) is 5.75 Å². The van der Waals surface area contributed by atoms with E-state index in [1.54, 1.807) is 7.11 Å². The van der Waals surface area contributed by atoms with Crippen molar-refractivity contribution in [2.24, 2.45) is 11.5 Å². The Balaban J connectivity index is 0. The van der Waals surface area contributed by atoms with Crippen LogP contribution in [0.3, 0.4) is 0 Å². The number of rotatable bonds is 12. The minimum absolute atomic E-state index is 0. The first kappa shape index (κ1) is 40.1. The Kier molecular flexibility index (Phi) is 25.3. The fourth-order valence-electron chi connectivity index (χ4n) is 3.82. The topological polar surface area (TPSA) is 199 Å². The molecule has 2 heterocycles. The zero-order chi connectivity index (χ0) is 30.2.